The Labute approximate surface area is 222 Å². The summed E-state index contributed by atoms with van der Waals surface area (Å²) in [5, 5.41) is 0. The van der Waals surface area contributed by atoms with Gasteiger partial charge >= 0.3 is 0 Å². The highest BCUT2D eigenvalue weighted by Gasteiger charge is 2.20. The molecule has 0 atom stereocenters. The van der Waals surface area contributed by atoms with Crippen molar-refractivity contribution in [2.45, 2.75) is 0 Å². The Hall–Kier alpha value is -4.84. The minimum absolute atomic E-state index is 0.724. The Morgan fingerprint density at radius 1 is 0.368 bits per heavy atom. The molecule has 4 aromatic carbocycles. The van der Waals surface area contributed by atoms with Gasteiger partial charge in [-0.2, -0.15) is 0 Å². The standard InChI is InChI=1S/C32H28N2O4/c1-35-25-13-5-9-21(17-25)29-30(22-10-6-14-26(18-22)36-2)34-32(24-12-8-16-28(20-24)38-4)31(33-29)23-11-7-15-27(19-23)37-3/h5-20H,1-4H3. The molecular weight excluding hydrogens is 476 g/mol. The van der Waals surface area contributed by atoms with Crippen LogP contribution in [0.4, 0.5) is 0 Å². The molecule has 1 aromatic heterocycles. The van der Waals surface area contributed by atoms with E-state index in [1.54, 1.807) is 28.4 Å². The average molecular weight is 505 g/mol. The number of nitrogens with zero attached hydrogens (tertiary/aromatic N) is 2. The predicted octanol–water partition coefficient (Wildman–Crippen LogP) is 7.18. The fourth-order valence-corrected chi connectivity index (χ4v) is 4.32. The molecule has 0 radical (unpaired) electrons. The van der Waals surface area contributed by atoms with Crippen LogP contribution in [-0.4, -0.2) is 38.4 Å². The molecule has 0 bridgehead atoms. The largest absolute Gasteiger partial charge is 0.497 e. The molecule has 0 saturated carbocycles. The van der Waals surface area contributed by atoms with Crippen LogP contribution in [0.3, 0.4) is 0 Å². The van der Waals surface area contributed by atoms with Crippen LogP contribution < -0.4 is 18.9 Å². The van der Waals surface area contributed by atoms with Gasteiger partial charge in [0.25, 0.3) is 0 Å². The second-order valence-corrected chi connectivity index (χ2v) is 8.55. The maximum atomic E-state index is 5.52. The van der Waals surface area contributed by atoms with Crippen molar-refractivity contribution in [3.05, 3.63) is 97.1 Å². The SMILES string of the molecule is COc1cccc(-c2nc(-c3cccc(OC)c3)c(-c3cccc(OC)c3)nc2-c2cccc(OC)c2)c1. The second-order valence-electron chi connectivity index (χ2n) is 8.55. The van der Waals surface area contributed by atoms with Gasteiger partial charge in [0.05, 0.1) is 51.2 Å². The summed E-state index contributed by atoms with van der Waals surface area (Å²) in [6.07, 6.45) is 0. The molecule has 0 aliphatic carbocycles. The minimum Gasteiger partial charge on any atom is -0.497 e. The van der Waals surface area contributed by atoms with Crippen LogP contribution in [0.1, 0.15) is 0 Å². The zero-order chi connectivity index (χ0) is 26.5. The minimum atomic E-state index is 0.724. The molecule has 5 aromatic rings. The predicted molar refractivity (Wildman–Crippen MR) is 150 cm³/mol. The van der Waals surface area contributed by atoms with Crippen LogP contribution in [0.2, 0.25) is 0 Å². The summed E-state index contributed by atoms with van der Waals surface area (Å²) >= 11 is 0. The normalized spacial score (nSPS) is 10.6. The van der Waals surface area contributed by atoms with E-state index >= 15 is 0 Å². The van der Waals surface area contributed by atoms with Gasteiger partial charge in [0.2, 0.25) is 0 Å². The highest BCUT2D eigenvalue weighted by molar-refractivity contribution is 5.87. The van der Waals surface area contributed by atoms with E-state index in [1.807, 2.05) is 97.1 Å². The molecule has 0 saturated heterocycles. The number of ether oxygens (including phenoxy) is 4. The summed E-state index contributed by atoms with van der Waals surface area (Å²) in [6, 6.07) is 31.4. The van der Waals surface area contributed by atoms with Crippen molar-refractivity contribution in [3.63, 3.8) is 0 Å². The molecule has 190 valence electrons. The molecule has 38 heavy (non-hydrogen) atoms. The molecule has 0 aliphatic heterocycles. The lowest BCUT2D eigenvalue weighted by Crippen LogP contribution is -2.01. The number of hydrogen-bond donors (Lipinski definition) is 0. The van der Waals surface area contributed by atoms with Crippen molar-refractivity contribution in [2.75, 3.05) is 28.4 Å². The van der Waals surface area contributed by atoms with E-state index in [0.29, 0.717) is 0 Å². The van der Waals surface area contributed by atoms with E-state index < -0.39 is 0 Å². The lowest BCUT2D eigenvalue weighted by atomic mass is 9.99. The van der Waals surface area contributed by atoms with Crippen molar-refractivity contribution in [3.8, 4) is 68.0 Å². The van der Waals surface area contributed by atoms with Crippen molar-refractivity contribution >= 4 is 0 Å². The number of rotatable bonds is 8. The van der Waals surface area contributed by atoms with Gasteiger partial charge in [0.15, 0.2) is 0 Å². The fraction of sp³-hybridized carbons (Fsp3) is 0.125. The highest BCUT2D eigenvalue weighted by Crippen LogP contribution is 2.39. The molecule has 5 rings (SSSR count). The summed E-state index contributed by atoms with van der Waals surface area (Å²) < 4.78 is 22.1. The molecule has 0 fully saturated rings. The Bertz CT molecular complexity index is 1350. The van der Waals surface area contributed by atoms with E-state index in [4.69, 9.17) is 28.9 Å². The first-order valence-corrected chi connectivity index (χ1v) is 12.1. The maximum Gasteiger partial charge on any atom is 0.119 e. The summed E-state index contributed by atoms with van der Waals surface area (Å²) in [6.45, 7) is 0. The summed E-state index contributed by atoms with van der Waals surface area (Å²) in [7, 11) is 6.62. The first-order valence-electron chi connectivity index (χ1n) is 12.1. The molecule has 0 spiro atoms. The lowest BCUT2D eigenvalue weighted by molar-refractivity contribution is 0.414. The molecule has 0 aliphatic rings. The summed E-state index contributed by atoms with van der Waals surface area (Å²) in [5.74, 6) is 2.95. The third kappa shape index (κ3) is 5.02. The molecule has 6 heteroatoms. The topological polar surface area (TPSA) is 62.7 Å². The van der Waals surface area contributed by atoms with Crippen LogP contribution in [0.5, 0.6) is 23.0 Å². The van der Waals surface area contributed by atoms with Crippen LogP contribution in [0.15, 0.2) is 97.1 Å². The summed E-state index contributed by atoms with van der Waals surface area (Å²) in [4.78, 5) is 10.5. The third-order valence-electron chi connectivity index (χ3n) is 6.27. The van der Waals surface area contributed by atoms with Crippen LogP contribution in [-0.2, 0) is 0 Å². The Morgan fingerprint density at radius 2 is 0.605 bits per heavy atom. The first kappa shape index (κ1) is 24.8. The van der Waals surface area contributed by atoms with Crippen molar-refractivity contribution in [1.82, 2.24) is 9.97 Å². The van der Waals surface area contributed by atoms with E-state index in [2.05, 4.69) is 0 Å². The zero-order valence-corrected chi connectivity index (χ0v) is 21.8. The van der Waals surface area contributed by atoms with E-state index in [-0.39, 0.29) is 0 Å². The van der Waals surface area contributed by atoms with Crippen molar-refractivity contribution in [1.29, 1.82) is 0 Å². The number of methoxy groups -OCH3 is 4. The van der Waals surface area contributed by atoms with Crippen LogP contribution in [0, 0.1) is 0 Å². The van der Waals surface area contributed by atoms with Crippen LogP contribution >= 0.6 is 0 Å². The number of aromatic nitrogens is 2. The Kier molecular flexibility index (Phi) is 7.22. The number of benzene rings is 4. The van der Waals surface area contributed by atoms with Gasteiger partial charge in [-0.25, -0.2) is 9.97 Å². The van der Waals surface area contributed by atoms with Crippen molar-refractivity contribution < 1.29 is 18.9 Å². The van der Waals surface area contributed by atoms with Crippen LogP contribution in [0.25, 0.3) is 45.0 Å². The van der Waals surface area contributed by atoms with Gasteiger partial charge in [0, 0.05) is 22.3 Å². The quantitative estimate of drug-likeness (QED) is 0.223. The van der Waals surface area contributed by atoms with E-state index in [9.17, 15) is 0 Å². The van der Waals surface area contributed by atoms with Gasteiger partial charge < -0.3 is 18.9 Å². The van der Waals surface area contributed by atoms with Crippen molar-refractivity contribution in [2.24, 2.45) is 0 Å². The van der Waals surface area contributed by atoms with Gasteiger partial charge in [-0.15, -0.1) is 0 Å². The highest BCUT2D eigenvalue weighted by atomic mass is 16.5. The number of hydrogen-bond acceptors (Lipinski definition) is 6. The Morgan fingerprint density at radius 3 is 0.816 bits per heavy atom. The third-order valence-corrected chi connectivity index (χ3v) is 6.27. The molecule has 6 nitrogen and oxygen atoms in total. The van der Waals surface area contributed by atoms with Gasteiger partial charge in [-0.3, -0.25) is 0 Å². The summed E-state index contributed by atoms with van der Waals surface area (Å²) in [5.41, 5.74) is 6.44. The first-order chi connectivity index (χ1) is 18.6. The molecular formula is C32H28N2O4. The monoisotopic (exact) mass is 504 g/mol. The second kappa shape index (κ2) is 11.0. The van der Waals surface area contributed by atoms with Gasteiger partial charge in [-0.05, 0) is 48.5 Å². The smallest absolute Gasteiger partial charge is 0.119 e. The maximum absolute atomic E-state index is 5.52. The fourth-order valence-electron chi connectivity index (χ4n) is 4.32. The average Bonchev–Trinajstić information content (AvgIpc) is 3.00. The van der Waals surface area contributed by atoms with Gasteiger partial charge in [-0.1, -0.05) is 48.5 Å². The Balaban J connectivity index is 1.86. The van der Waals surface area contributed by atoms with E-state index in [0.717, 1.165) is 68.0 Å². The lowest BCUT2D eigenvalue weighted by Gasteiger charge is -2.17. The molecule has 1 heterocycles. The zero-order valence-electron chi connectivity index (χ0n) is 21.8. The van der Waals surface area contributed by atoms with Gasteiger partial charge in [0.1, 0.15) is 23.0 Å². The molecule has 0 N–H and O–H groups in total. The van der Waals surface area contributed by atoms with E-state index in [1.165, 1.54) is 0 Å². The molecule has 0 unspecified atom stereocenters. The molecule has 0 amide bonds.